The number of anilines is 2. The Morgan fingerprint density at radius 1 is 1.28 bits per heavy atom. The Hall–Kier alpha value is -2.90. The number of rotatable bonds is 7. The molecule has 1 aromatic carbocycles. The third-order valence-electron chi connectivity index (χ3n) is 3.66. The van der Waals surface area contributed by atoms with Crippen molar-refractivity contribution in [1.82, 2.24) is 0 Å². The minimum Gasteiger partial charge on any atom is -0.481 e. The molecule has 2 rings (SSSR count). The molecule has 0 radical (unpaired) electrons. The van der Waals surface area contributed by atoms with Gasteiger partial charge in [-0.25, -0.2) is 0 Å². The molecule has 8 heteroatoms. The van der Waals surface area contributed by atoms with Gasteiger partial charge in [0.1, 0.15) is 11.5 Å². The van der Waals surface area contributed by atoms with Crippen LogP contribution in [0, 0.1) is 0 Å². The minimum atomic E-state index is -1.06. The van der Waals surface area contributed by atoms with Crippen LogP contribution in [0.2, 0.25) is 0 Å². The third-order valence-corrected chi connectivity index (χ3v) is 3.66. The lowest BCUT2D eigenvalue weighted by Gasteiger charge is -2.33. The lowest BCUT2D eigenvalue weighted by atomic mass is 10.1. The highest BCUT2D eigenvalue weighted by Crippen LogP contribution is 2.36. The van der Waals surface area contributed by atoms with E-state index in [1.54, 1.807) is 18.2 Å². The SMILES string of the molecule is CCC1Oc2ccc(NC(=O)CCC(=O)O)cc2N(CC(C)=O)C1=O. The van der Waals surface area contributed by atoms with Crippen molar-refractivity contribution in [3.05, 3.63) is 18.2 Å². The Balaban J connectivity index is 2.25. The molecule has 1 aliphatic rings. The first-order chi connectivity index (χ1) is 11.8. The Bertz CT molecular complexity index is 715. The molecular formula is C17H20N2O6. The van der Waals surface area contributed by atoms with Gasteiger partial charge in [-0.3, -0.25) is 24.1 Å². The fourth-order valence-electron chi connectivity index (χ4n) is 2.49. The predicted molar refractivity (Wildman–Crippen MR) is 89.7 cm³/mol. The third kappa shape index (κ3) is 4.56. The van der Waals surface area contributed by atoms with Gasteiger partial charge in [0.2, 0.25) is 5.91 Å². The van der Waals surface area contributed by atoms with Crippen molar-refractivity contribution in [2.45, 2.75) is 39.2 Å². The molecular weight excluding hydrogens is 328 g/mol. The van der Waals surface area contributed by atoms with E-state index in [1.807, 2.05) is 6.92 Å². The van der Waals surface area contributed by atoms with Gasteiger partial charge >= 0.3 is 5.97 Å². The smallest absolute Gasteiger partial charge is 0.303 e. The van der Waals surface area contributed by atoms with Gasteiger partial charge in [0.05, 0.1) is 18.7 Å². The number of fused-ring (bicyclic) bond motifs is 1. The second-order valence-corrected chi connectivity index (χ2v) is 5.77. The van der Waals surface area contributed by atoms with E-state index < -0.39 is 18.0 Å². The highest BCUT2D eigenvalue weighted by Gasteiger charge is 2.34. The molecule has 2 amide bonds. The number of carboxylic acids is 1. The van der Waals surface area contributed by atoms with Crippen LogP contribution in [0.15, 0.2) is 18.2 Å². The van der Waals surface area contributed by atoms with Crippen LogP contribution in [-0.4, -0.2) is 41.3 Å². The lowest BCUT2D eigenvalue weighted by Crippen LogP contribution is -2.47. The molecule has 1 heterocycles. The minimum absolute atomic E-state index is 0.0812. The number of nitrogens with one attached hydrogen (secondary N) is 1. The van der Waals surface area contributed by atoms with Crippen LogP contribution in [0.4, 0.5) is 11.4 Å². The van der Waals surface area contributed by atoms with Crippen molar-refractivity contribution in [2.75, 3.05) is 16.8 Å². The van der Waals surface area contributed by atoms with Crippen molar-refractivity contribution >= 4 is 34.9 Å². The van der Waals surface area contributed by atoms with Crippen LogP contribution in [0.5, 0.6) is 5.75 Å². The molecule has 2 N–H and O–H groups in total. The number of aliphatic carboxylic acids is 1. The quantitative estimate of drug-likeness (QED) is 0.773. The first-order valence-corrected chi connectivity index (χ1v) is 7.95. The predicted octanol–water partition coefficient (Wildman–Crippen LogP) is 1.58. The van der Waals surface area contributed by atoms with Gasteiger partial charge in [-0.2, -0.15) is 0 Å². The summed E-state index contributed by atoms with van der Waals surface area (Å²) in [5.74, 6) is -1.53. The Kier molecular flexibility index (Phi) is 5.74. The molecule has 0 aromatic heterocycles. The second-order valence-electron chi connectivity index (χ2n) is 5.77. The largest absolute Gasteiger partial charge is 0.481 e. The number of carboxylic acid groups (broad SMARTS) is 1. The molecule has 0 fully saturated rings. The van der Waals surface area contributed by atoms with Crippen LogP contribution in [-0.2, 0) is 19.2 Å². The van der Waals surface area contributed by atoms with Gasteiger partial charge in [-0.15, -0.1) is 0 Å². The maximum Gasteiger partial charge on any atom is 0.303 e. The number of amides is 2. The van der Waals surface area contributed by atoms with Crippen LogP contribution in [0.25, 0.3) is 0 Å². The topological polar surface area (TPSA) is 113 Å². The summed E-state index contributed by atoms with van der Waals surface area (Å²) in [5, 5.41) is 11.2. The van der Waals surface area contributed by atoms with E-state index in [0.29, 0.717) is 23.5 Å². The summed E-state index contributed by atoms with van der Waals surface area (Å²) < 4.78 is 5.65. The Morgan fingerprint density at radius 3 is 2.60 bits per heavy atom. The molecule has 0 aliphatic carbocycles. The van der Waals surface area contributed by atoms with Gasteiger partial charge in [0.15, 0.2) is 6.10 Å². The average molecular weight is 348 g/mol. The highest BCUT2D eigenvalue weighted by molar-refractivity contribution is 6.04. The van der Waals surface area contributed by atoms with E-state index >= 15 is 0 Å². The monoisotopic (exact) mass is 348 g/mol. The normalized spacial score (nSPS) is 16.0. The number of ether oxygens (including phenoxy) is 1. The van der Waals surface area contributed by atoms with Crippen molar-refractivity contribution in [2.24, 2.45) is 0 Å². The standard InChI is InChI=1S/C17H20N2O6/c1-3-13-17(24)19(9-10(2)20)12-8-11(4-5-14(12)25-13)18-15(21)6-7-16(22)23/h4-5,8,13H,3,6-7,9H2,1-2H3,(H,18,21)(H,22,23). The summed E-state index contributed by atoms with van der Waals surface area (Å²) in [4.78, 5) is 47.6. The van der Waals surface area contributed by atoms with Crippen LogP contribution < -0.4 is 15.0 Å². The van der Waals surface area contributed by atoms with Gasteiger partial charge in [0.25, 0.3) is 5.91 Å². The number of hydrogen-bond acceptors (Lipinski definition) is 5. The van der Waals surface area contributed by atoms with Crippen molar-refractivity contribution in [1.29, 1.82) is 0 Å². The van der Waals surface area contributed by atoms with E-state index in [4.69, 9.17) is 9.84 Å². The number of carbonyl (C=O) groups is 4. The molecule has 0 spiro atoms. The van der Waals surface area contributed by atoms with Gasteiger partial charge in [0, 0.05) is 12.1 Å². The summed E-state index contributed by atoms with van der Waals surface area (Å²) in [6, 6.07) is 4.76. The number of benzene rings is 1. The fraction of sp³-hybridized carbons (Fsp3) is 0.412. The van der Waals surface area contributed by atoms with Crippen molar-refractivity contribution in [3.8, 4) is 5.75 Å². The van der Waals surface area contributed by atoms with Crippen LogP contribution in [0.3, 0.4) is 0 Å². The van der Waals surface area contributed by atoms with E-state index in [0.717, 1.165) is 0 Å². The van der Waals surface area contributed by atoms with E-state index in [2.05, 4.69) is 5.32 Å². The Morgan fingerprint density at radius 2 is 2.00 bits per heavy atom. The van der Waals surface area contributed by atoms with Gasteiger partial charge in [-0.1, -0.05) is 6.92 Å². The maximum absolute atomic E-state index is 12.5. The maximum atomic E-state index is 12.5. The molecule has 1 aliphatic heterocycles. The van der Waals surface area contributed by atoms with E-state index in [9.17, 15) is 19.2 Å². The van der Waals surface area contributed by atoms with Crippen molar-refractivity contribution < 1.29 is 29.0 Å². The number of nitrogens with zero attached hydrogens (tertiary/aromatic N) is 1. The molecule has 25 heavy (non-hydrogen) atoms. The molecule has 1 atom stereocenters. The average Bonchev–Trinajstić information content (AvgIpc) is 2.55. The van der Waals surface area contributed by atoms with Crippen LogP contribution in [0.1, 0.15) is 33.1 Å². The second kappa shape index (κ2) is 7.78. The summed E-state index contributed by atoms with van der Waals surface area (Å²) in [6.07, 6.45) is -0.604. The summed E-state index contributed by atoms with van der Waals surface area (Å²) >= 11 is 0. The van der Waals surface area contributed by atoms with Crippen molar-refractivity contribution in [3.63, 3.8) is 0 Å². The van der Waals surface area contributed by atoms with Crippen LogP contribution >= 0.6 is 0 Å². The number of Topliss-reactive ketones (excluding diaryl/α,β-unsaturated/α-hetero) is 1. The fourth-order valence-corrected chi connectivity index (χ4v) is 2.49. The summed E-state index contributed by atoms with van der Waals surface area (Å²) in [6.45, 7) is 3.12. The summed E-state index contributed by atoms with van der Waals surface area (Å²) in [7, 11) is 0. The first kappa shape index (κ1) is 18.4. The molecule has 8 nitrogen and oxygen atoms in total. The van der Waals surface area contributed by atoms with E-state index in [-0.39, 0.29) is 31.1 Å². The lowest BCUT2D eigenvalue weighted by molar-refractivity contribution is -0.138. The molecule has 1 aromatic rings. The number of hydrogen-bond donors (Lipinski definition) is 2. The zero-order valence-corrected chi connectivity index (χ0v) is 14.1. The first-order valence-electron chi connectivity index (χ1n) is 7.95. The van der Waals surface area contributed by atoms with E-state index in [1.165, 1.54) is 11.8 Å². The highest BCUT2D eigenvalue weighted by atomic mass is 16.5. The molecule has 0 saturated carbocycles. The molecule has 134 valence electrons. The molecule has 0 saturated heterocycles. The zero-order chi connectivity index (χ0) is 18.6. The molecule has 0 bridgehead atoms. The zero-order valence-electron chi connectivity index (χ0n) is 14.1. The Labute approximate surface area is 144 Å². The number of ketones is 1. The van der Waals surface area contributed by atoms with Gasteiger partial charge < -0.3 is 15.2 Å². The molecule has 1 unspecified atom stereocenters. The summed E-state index contributed by atoms with van der Waals surface area (Å²) in [5.41, 5.74) is 0.801. The van der Waals surface area contributed by atoms with Gasteiger partial charge in [-0.05, 0) is 31.5 Å². The number of carbonyl (C=O) groups excluding carboxylic acids is 3.